The van der Waals surface area contributed by atoms with Crippen LogP contribution in [0.5, 0.6) is 11.5 Å². The summed E-state index contributed by atoms with van der Waals surface area (Å²) in [4.78, 5) is 9.03. The van der Waals surface area contributed by atoms with Crippen molar-refractivity contribution in [2.75, 3.05) is 18.5 Å². The fourth-order valence-corrected chi connectivity index (χ4v) is 3.28. The van der Waals surface area contributed by atoms with Crippen LogP contribution < -0.4 is 14.8 Å². The molecule has 2 aromatic carbocycles. The number of halogens is 3. The largest absolute Gasteiger partial charge is 0.501 e. The number of nitrogens with one attached hydrogen (secondary N) is 1. The second-order valence-electron chi connectivity index (χ2n) is 5.76. The number of nitrogens with zero attached hydrogens (tertiary/aromatic N) is 1. The molecule has 150 valence electrons. The number of hydrogen-bond acceptors (Lipinski definition) is 7. The molecule has 0 aromatic heterocycles. The van der Waals surface area contributed by atoms with E-state index in [0.29, 0.717) is 23.6 Å². The van der Waals surface area contributed by atoms with Crippen molar-refractivity contribution >= 4 is 21.2 Å². The minimum atomic E-state index is -5.69. The van der Waals surface area contributed by atoms with E-state index in [1.807, 2.05) is 0 Å². The fraction of sp³-hybridized carbons (Fsp3) is 0.250. The number of anilines is 1. The highest BCUT2D eigenvalue weighted by Gasteiger charge is 2.47. The number of benzene rings is 2. The van der Waals surface area contributed by atoms with Crippen molar-refractivity contribution in [3.63, 3.8) is 0 Å². The molecule has 1 aliphatic rings. The molecule has 1 N–H and O–H groups in total. The Balaban J connectivity index is 1.79. The maximum Gasteiger partial charge on any atom is 0.501 e. The van der Waals surface area contributed by atoms with Gasteiger partial charge in [-0.3, -0.25) is 10.1 Å². The molecule has 0 bridgehead atoms. The first-order valence-corrected chi connectivity index (χ1v) is 9.30. The summed E-state index contributed by atoms with van der Waals surface area (Å²) in [6.45, 7) is 0.193. The lowest BCUT2D eigenvalue weighted by Gasteiger charge is -2.26. The Morgan fingerprint density at radius 1 is 1.18 bits per heavy atom. The number of ether oxygens (including phenoxy) is 2. The Hall–Kier alpha value is -3.02. The van der Waals surface area contributed by atoms with E-state index in [0.717, 1.165) is 6.07 Å². The molecule has 1 aliphatic heterocycles. The van der Waals surface area contributed by atoms with E-state index in [1.54, 1.807) is 24.3 Å². The zero-order valence-electron chi connectivity index (χ0n) is 14.0. The van der Waals surface area contributed by atoms with Gasteiger partial charge in [0.05, 0.1) is 16.4 Å². The summed E-state index contributed by atoms with van der Waals surface area (Å²) in [5.74, 6) is 1.04. The van der Waals surface area contributed by atoms with Gasteiger partial charge in [0.1, 0.15) is 18.4 Å². The summed E-state index contributed by atoms with van der Waals surface area (Å²) in [5.41, 5.74) is -6.51. The lowest BCUT2D eigenvalue weighted by Crippen LogP contribution is -2.35. The summed E-state index contributed by atoms with van der Waals surface area (Å²) in [7, 11) is -5.69. The molecule has 8 nitrogen and oxygen atoms in total. The molecule has 12 heteroatoms. The topological polar surface area (TPSA) is 108 Å². The van der Waals surface area contributed by atoms with E-state index in [2.05, 4.69) is 5.32 Å². The van der Waals surface area contributed by atoms with Crippen LogP contribution in [-0.2, 0) is 9.84 Å². The lowest BCUT2D eigenvalue weighted by atomic mass is 10.2. The number of fused-ring (bicyclic) bond motifs is 1. The molecule has 0 radical (unpaired) electrons. The van der Waals surface area contributed by atoms with Crippen molar-refractivity contribution in [2.45, 2.75) is 16.5 Å². The molecule has 0 fully saturated rings. The Morgan fingerprint density at radius 3 is 2.50 bits per heavy atom. The number of rotatable bonds is 5. The van der Waals surface area contributed by atoms with E-state index in [1.165, 1.54) is 0 Å². The molecule has 3 rings (SSSR count). The normalized spacial score (nSPS) is 16.5. The summed E-state index contributed by atoms with van der Waals surface area (Å²) < 4.78 is 72.1. The number of alkyl halides is 3. The van der Waals surface area contributed by atoms with Crippen LogP contribution in [0.1, 0.15) is 0 Å². The predicted octanol–water partition coefficient (Wildman–Crippen LogP) is 3.14. The van der Waals surface area contributed by atoms with Gasteiger partial charge in [-0.25, -0.2) is 8.42 Å². The third kappa shape index (κ3) is 3.81. The second kappa shape index (κ2) is 7.19. The number of para-hydroxylation sites is 2. The average Bonchev–Trinajstić information content (AvgIpc) is 2.65. The molecule has 0 saturated heterocycles. The number of hydrogen-bond donors (Lipinski definition) is 1. The molecule has 0 amide bonds. The first kappa shape index (κ1) is 19.7. The molecule has 0 aliphatic carbocycles. The zero-order chi connectivity index (χ0) is 20.5. The highest BCUT2D eigenvalue weighted by molar-refractivity contribution is 7.92. The predicted molar refractivity (Wildman–Crippen MR) is 91.2 cm³/mol. The van der Waals surface area contributed by atoms with Gasteiger partial charge in [0, 0.05) is 6.07 Å². The Kier molecular flexibility index (Phi) is 5.06. The monoisotopic (exact) mass is 418 g/mol. The number of sulfone groups is 1. The van der Waals surface area contributed by atoms with E-state index in [-0.39, 0.29) is 18.8 Å². The van der Waals surface area contributed by atoms with E-state index >= 15 is 0 Å². The lowest BCUT2D eigenvalue weighted by molar-refractivity contribution is -0.384. The summed E-state index contributed by atoms with van der Waals surface area (Å²) in [5, 5.41) is 13.9. The maximum absolute atomic E-state index is 12.7. The first-order chi connectivity index (χ1) is 13.1. The van der Waals surface area contributed by atoms with Gasteiger partial charge in [-0.2, -0.15) is 13.2 Å². The van der Waals surface area contributed by atoms with Crippen LogP contribution in [0.25, 0.3) is 0 Å². The van der Waals surface area contributed by atoms with E-state index < -0.39 is 37.0 Å². The average molecular weight is 418 g/mol. The van der Waals surface area contributed by atoms with E-state index in [4.69, 9.17) is 9.47 Å². The van der Waals surface area contributed by atoms with Gasteiger partial charge in [0.15, 0.2) is 11.5 Å². The van der Waals surface area contributed by atoms with Crippen LogP contribution in [-0.4, -0.2) is 38.1 Å². The second-order valence-corrected chi connectivity index (χ2v) is 7.70. The molecule has 1 atom stereocenters. The molecule has 0 unspecified atom stereocenters. The zero-order valence-corrected chi connectivity index (χ0v) is 14.8. The SMILES string of the molecule is O=[N+]([O-])c1cc(S(=O)(=O)C(F)(F)F)ccc1NC[C@@H]1COc2ccccc2O1. The van der Waals surface area contributed by atoms with Crippen LogP contribution in [0.4, 0.5) is 24.5 Å². The van der Waals surface area contributed by atoms with Crippen molar-refractivity contribution in [2.24, 2.45) is 0 Å². The van der Waals surface area contributed by atoms with Crippen molar-refractivity contribution in [1.29, 1.82) is 0 Å². The van der Waals surface area contributed by atoms with Crippen molar-refractivity contribution in [3.05, 3.63) is 52.6 Å². The van der Waals surface area contributed by atoms with Crippen LogP contribution in [0.3, 0.4) is 0 Å². The first-order valence-electron chi connectivity index (χ1n) is 7.82. The minimum Gasteiger partial charge on any atom is -0.486 e. The smallest absolute Gasteiger partial charge is 0.486 e. The van der Waals surface area contributed by atoms with Gasteiger partial charge in [0.2, 0.25) is 0 Å². The summed E-state index contributed by atoms with van der Waals surface area (Å²) in [6, 6.07) is 8.84. The molecule has 0 spiro atoms. The van der Waals surface area contributed by atoms with Gasteiger partial charge in [-0.15, -0.1) is 0 Å². The van der Waals surface area contributed by atoms with Crippen molar-refractivity contribution < 1.29 is 36.0 Å². The van der Waals surface area contributed by atoms with Gasteiger partial charge >= 0.3 is 5.51 Å². The Bertz CT molecular complexity index is 1010. The quantitative estimate of drug-likeness (QED) is 0.587. The molecular weight excluding hydrogens is 405 g/mol. The van der Waals surface area contributed by atoms with Crippen LogP contribution >= 0.6 is 0 Å². The Morgan fingerprint density at radius 2 is 1.86 bits per heavy atom. The molecule has 0 saturated carbocycles. The van der Waals surface area contributed by atoms with Crippen LogP contribution in [0, 0.1) is 10.1 Å². The number of nitro benzene ring substituents is 1. The summed E-state index contributed by atoms with van der Waals surface area (Å²) in [6.07, 6.45) is -0.520. The van der Waals surface area contributed by atoms with Gasteiger partial charge < -0.3 is 14.8 Å². The van der Waals surface area contributed by atoms with Gasteiger partial charge in [0.25, 0.3) is 15.5 Å². The van der Waals surface area contributed by atoms with Crippen LogP contribution in [0.15, 0.2) is 47.4 Å². The maximum atomic E-state index is 12.7. The summed E-state index contributed by atoms with van der Waals surface area (Å²) >= 11 is 0. The fourth-order valence-electron chi connectivity index (χ4n) is 2.50. The third-order valence-electron chi connectivity index (χ3n) is 3.87. The molecule has 1 heterocycles. The molecular formula is C16H13F3N2O6S. The van der Waals surface area contributed by atoms with Gasteiger partial charge in [-0.1, -0.05) is 12.1 Å². The van der Waals surface area contributed by atoms with E-state index in [9.17, 15) is 31.7 Å². The molecule has 28 heavy (non-hydrogen) atoms. The standard InChI is InChI=1S/C16H13F3N2O6S/c17-16(18,19)28(24,25)11-5-6-12(13(7-11)21(22)23)20-8-10-9-26-14-3-1-2-4-15(14)27-10/h1-7,10,20H,8-9H2/t10-/m1/s1. The van der Waals surface area contributed by atoms with Crippen molar-refractivity contribution in [1.82, 2.24) is 0 Å². The Labute approximate surface area is 156 Å². The minimum absolute atomic E-state index is 0.0422. The number of nitro groups is 1. The highest BCUT2D eigenvalue weighted by atomic mass is 32.2. The van der Waals surface area contributed by atoms with Gasteiger partial charge in [-0.05, 0) is 24.3 Å². The molecule has 2 aromatic rings. The third-order valence-corrected chi connectivity index (χ3v) is 5.35. The highest BCUT2D eigenvalue weighted by Crippen LogP contribution is 2.35. The van der Waals surface area contributed by atoms with Crippen LogP contribution in [0.2, 0.25) is 0 Å². The van der Waals surface area contributed by atoms with Crippen molar-refractivity contribution in [3.8, 4) is 11.5 Å².